The van der Waals surface area contributed by atoms with Crippen molar-refractivity contribution in [1.82, 2.24) is 15.0 Å². The highest BCUT2D eigenvalue weighted by Gasteiger charge is 2.29. The van der Waals surface area contributed by atoms with Crippen LogP contribution >= 0.6 is 15.9 Å². The average Bonchev–Trinajstić information content (AvgIpc) is 3.18. The first-order chi connectivity index (χ1) is 9.31. The van der Waals surface area contributed by atoms with Crippen LogP contribution in [0.25, 0.3) is 0 Å². The molecule has 0 atom stereocenters. The summed E-state index contributed by atoms with van der Waals surface area (Å²) >= 11 is 3.57. The predicted molar refractivity (Wildman–Crippen MR) is 75.8 cm³/mol. The lowest BCUT2D eigenvalue weighted by Crippen LogP contribution is -2.17. The van der Waals surface area contributed by atoms with E-state index in [0.717, 1.165) is 29.2 Å². The molecule has 1 aliphatic heterocycles. The zero-order valence-electron chi connectivity index (χ0n) is 10.4. The van der Waals surface area contributed by atoms with Gasteiger partial charge in [-0.1, -0.05) is 0 Å². The molecule has 1 fully saturated rings. The number of aromatic nitrogens is 3. The van der Waals surface area contributed by atoms with Gasteiger partial charge in [0.2, 0.25) is 0 Å². The summed E-state index contributed by atoms with van der Waals surface area (Å²) in [5, 5.41) is 0. The number of hydrogen-bond acceptors (Lipinski definition) is 4. The van der Waals surface area contributed by atoms with Gasteiger partial charge in [0.05, 0.1) is 4.47 Å². The minimum atomic E-state index is 0.582. The summed E-state index contributed by atoms with van der Waals surface area (Å²) in [4.78, 5) is 15.6. The van der Waals surface area contributed by atoms with Crippen LogP contribution in [0.5, 0.6) is 0 Å². The van der Waals surface area contributed by atoms with Gasteiger partial charge < -0.3 is 4.90 Å². The molecule has 0 bridgehead atoms. The van der Waals surface area contributed by atoms with Gasteiger partial charge in [-0.15, -0.1) is 0 Å². The zero-order valence-corrected chi connectivity index (χ0v) is 12.0. The van der Waals surface area contributed by atoms with E-state index in [1.54, 1.807) is 0 Å². The van der Waals surface area contributed by atoms with Crippen molar-refractivity contribution in [2.24, 2.45) is 0 Å². The molecule has 0 spiro atoms. The first-order valence-electron chi connectivity index (χ1n) is 6.50. The van der Waals surface area contributed by atoms with Crippen LogP contribution in [0.15, 0.2) is 29.1 Å². The van der Waals surface area contributed by atoms with Gasteiger partial charge in [0, 0.05) is 37.6 Å². The molecule has 2 aromatic heterocycles. The highest BCUT2D eigenvalue weighted by molar-refractivity contribution is 9.10. The van der Waals surface area contributed by atoms with E-state index in [1.807, 2.05) is 18.6 Å². The molecule has 0 N–H and O–H groups in total. The number of halogens is 1. The maximum atomic E-state index is 4.75. The third kappa shape index (κ3) is 2.02. The van der Waals surface area contributed by atoms with Gasteiger partial charge in [0.25, 0.3) is 0 Å². The Labute approximate surface area is 120 Å². The Morgan fingerprint density at radius 2 is 2.00 bits per heavy atom. The molecular formula is C14H13BrN4. The molecule has 1 aliphatic carbocycles. The molecule has 0 amide bonds. The molecule has 1 saturated carbocycles. The maximum Gasteiger partial charge on any atom is 0.147 e. The van der Waals surface area contributed by atoms with E-state index in [-0.39, 0.29) is 0 Å². The van der Waals surface area contributed by atoms with Gasteiger partial charge in [-0.05, 0) is 46.0 Å². The van der Waals surface area contributed by atoms with Gasteiger partial charge >= 0.3 is 0 Å². The van der Waals surface area contributed by atoms with E-state index in [0.29, 0.717) is 5.92 Å². The van der Waals surface area contributed by atoms with Crippen molar-refractivity contribution >= 4 is 21.7 Å². The summed E-state index contributed by atoms with van der Waals surface area (Å²) in [6, 6.07) is 2.09. The van der Waals surface area contributed by atoms with Crippen LogP contribution in [0, 0.1) is 0 Å². The first-order valence-corrected chi connectivity index (χ1v) is 7.30. The molecule has 19 heavy (non-hydrogen) atoms. The fourth-order valence-corrected chi connectivity index (χ4v) is 2.94. The van der Waals surface area contributed by atoms with Gasteiger partial charge in [-0.25, -0.2) is 9.97 Å². The number of hydrogen-bond donors (Lipinski definition) is 0. The highest BCUT2D eigenvalue weighted by atomic mass is 79.9. The van der Waals surface area contributed by atoms with Crippen LogP contribution in [-0.2, 0) is 13.1 Å². The van der Waals surface area contributed by atoms with E-state index in [2.05, 4.69) is 36.9 Å². The molecule has 0 unspecified atom stereocenters. The standard InChI is InChI=1S/C14H13BrN4/c15-12-6-17-13(9-1-2-9)18-14(12)19-7-10-3-4-16-5-11(10)8-19/h3-6,9H,1-2,7-8H2. The molecule has 4 nitrogen and oxygen atoms in total. The van der Waals surface area contributed by atoms with Crippen LogP contribution < -0.4 is 4.90 Å². The summed E-state index contributed by atoms with van der Waals surface area (Å²) in [7, 11) is 0. The van der Waals surface area contributed by atoms with Crippen LogP contribution in [0.3, 0.4) is 0 Å². The summed E-state index contributed by atoms with van der Waals surface area (Å²) in [6.45, 7) is 1.78. The van der Waals surface area contributed by atoms with Crippen molar-refractivity contribution in [2.75, 3.05) is 4.90 Å². The summed E-state index contributed by atoms with van der Waals surface area (Å²) in [5.41, 5.74) is 2.63. The fourth-order valence-electron chi connectivity index (χ4n) is 2.50. The van der Waals surface area contributed by atoms with E-state index >= 15 is 0 Å². The molecule has 96 valence electrons. The second-order valence-corrected chi connectivity index (χ2v) is 6.03. The number of fused-ring (bicyclic) bond motifs is 1. The molecule has 2 aliphatic rings. The summed E-state index contributed by atoms with van der Waals surface area (Å²) in [6.07, 6.45) is 8.15. The van der Waals surface area contributed by atoms with Crippen molar-refractivity contribution < 1.29 is 0 Å². The smallest absolute Gasteiger partial charge is 0.147 e. The second-order valence-electron chi connectivity index (χ2n) is 5.17. The van der Waals surface area contributed by atoms with Crippen molar-refractivity contribution in [3.63, 3.8) is 0 Å². The Hall–Kier alpha value is -1.49. The summed E-state index contributed by atoms with van der Waals surface area (Å²) in [5.74, 6) is 2.58. The second kappa shape index (κ2) is 4.27. The van der Waals surface area contributed by atoms with Crippen molar-refractivity contribution in [1.29, 1.82) is 0 Å². The van der Waals surface area contributed by atoms with E-state index in [9.17, 15) is 0 Å². The van der Waals surface area contributed by atoms with Gasteiger partial charge in [-0.3, -0.25) is 4.98 Å². The number of rotatable bonds is 2. The third-order valence-electron chi connectivity index (χ3n) is 3.71. The zero-order chi connectivity index (χ0) is 12.8. The van der Waals surface area contributed by atoms with Crippen LogP contribution in [0.1, 0.15) is 35.7 Å². The van der Waals surface area contributed by atoms with E-state index in [1.165, 1.54) is 24.0 Å². The molecule has 0 aromatic carbocycles. The lowest BCUT2D eigenvalue weighted by molar-refractivity contribution is 0.820. The lowest BCUT2D eigenvalue weighted by Gasteiger charge is -2.18. The lowest BCUT2D eigenvalue weighted by atomic mass is 10.2. The monoisotopic (exact) mass is 316 g/mol. The minimum Gasteiger partial charge on any atom is -0.347 e. The fraction of sp³-hybridized carbons (Fsp3) is 0.357. The molecule has 3 heterocycles. The molecule has 2 aromatic rings. The van der Waals surface area contributed by atoms with Crippen LogP contribution in [0.4, 0.5) is 5.82 Å². The Morgan fingerprint density at radius 3 is 2.79 bits per heavy atom. The molecule has 0 radical (unpaired) electrons. The van der Waals surface area contributed by atoms with Crippen LogP contribution in [0.2, 0.25) is 0 Å². The third-order valence-corrected chi connectivity index (χ3v) is 4.27. The van der Waals surface area contributed by atoms with Gasteiger partial charge in [-0.2, -0.15) is 0 Å². The van der Waals surface area contributed by atoms with Gasteiger partial charge in [0.15, 0.2) is 0 Å². The quantitative estimate of drug-likeness (QED) is 0.854. The average molecular weight is 317 g/mol. The van der Waals surface area contributed by atoms with Gasteiger partial charge in [0.1, 0.15) is 11.6 Å². The van der Waals surface area contributed by atoms with Crippen molar-refractivity contribution in [2.45, 2.75) is 31.8 Å². The molecule has 0 saturated heterocycles. The number of pyridine rings is 1. The molecule has 5 heteroatoms. The Morgan fingerprint density at radius 1 is 1.16 bits per heavy atom. The number of anilines is 1. The Bertz CT molecular complexity index is 614. The van der Waals surface area contributed by atoms with E-state index < -0.39 is 0 Å². The topological polar surface area (TPSA) is 41.9 Å². The van der Waals surface area contributed by atoms with E-state index in [4.69, 9.17) is 4.98 Å². The predicted octanol–water partition coefficient (Wildman–Crippen LogP) is 3.03. The maximum absolute atomic E-state index is 4.75. The SMILES string of the molecule is Brc1cnc(C2CC2)nc1N1Cc2ccncc2C1. The summed E-state index contributed by atoms with van der Waals surface area (Å²) < 4.78 is 0.970. The highest BCUT2D eigenvalue weighted by Crippen LogP contribution is 2.40. The molecular weight excluding hydrogens is 304 g/mol. The largest absolute Gasteiger partial charge is 0.347 e. The van der Waals surface area contributed by atoms with Crippen molar-refractivity contribution in [3.05, 3.63) is 46.1 Å². The molecule has 4 rings (SSSR count). The Kier molecular flexibility index (Phi) is 2.55. The normalized spacial score (nSPS) is 17.6. The number of nitrogens with zero attached hydrogens (tertiary/aromatic N) is 4. The Balaban J connectivity index is 1.68. The minimum absolute atomic E-state index is 0.582. The first kappa shape index (κ1) is 11.3. The van der Waals surface area contributed by atoms with Crippen LogP contribution in [-0.4, -0.2) is 15.0 Å². The van der Waals surface area contributed by atoms with Crippen molar-refractivity contribution in [3.8, 4) is 0 Å².